The van der Waals surface area contributed by atoms with Gasteiger partial charge < -0.3 is 14.8 Å². The first kappa shape index (κ1) is 24.4. The molecule has 0 saturated heterocycles. The number of amides is 1. The van der Waals surface area contributed by atoms with Crippen molar-refractivity contribution in [2.24, 2.45) is 0 Å². The molecule has 2 aromatic heterocycles. The Morgan fingerprint density at radius 1 is 1.09 bits per heavy atom. The van der Waals surface area contributed by atoms with E-state index in [-0.39, 0.29) is 24.0 Å². The molecule has 0 spiro atoms. The molecule has 2 heterocycles. The molecule has 0 atom stereocenters. The van der Waals surface area contributed by atoms with Crippen LogP contribution in [0.25, 0.3) is 16.7 Å². The van der Waals surface area contributed by atoms with E-state index < -0.39 is 0 Å². The number of ether oxygens (including phenoxy) is 2. The highest BCUT2D eigenvalue weighted by molar-refractivity contribution is 5.80. The van der Waals surface area contributed by atoms with Crippen molar-refractivity contribution in [2.75, 3.05) is 13.7 Å². The molecule has 0 bridgehead atoms. The molecule has 9 nitrogen and oxygen atoms in total. The smallest absolute Gasteiger partial charge is 0.262 e. The molecule has 0 aliphatic carbocycles. The Hall–Kier alpha value is -3.72. The third-order valence-electron chi connectivity index (χ3n) is 5.78. The Bertz CT molecular complexity index is 1360. The lowest BCUT2D eigenvalue weighted by Gasteiger charge is -2.12. The Kier molecular flexibility index (Phi) is 7.77. The number of carbonyl (C=O) groups excluding carboxylic acids is 1. The van der Waals surface area contributed by atoms with Gasteiger partial charge >= 0.3 is 0 Å². The third-order valence-corrected chi connectivity index (χ3v) is 5.78. The van der Waals surface area contributed by atoms with Crippen molar-refractivity contribution in [1.29, 1.82) is 0 Å². The maximum Gasteiger partial charge on any atom is 0.262 e. The number of hydrogen-bond acceptors (Lipinski definition) is 6. The predicted octanol–water partition coefficient (Wildman–Crippen LogP) is 3.12. The van der Waals surface area contributed by atoms with E-state index >= 15 is 0 Å². The average molecular weight is 478 g/mol. The monoisotopic (exact) mass is 477 g/mol. The lowest BCUT2D eigenvalue weighted by molar-refractivity contribution is -0.121. The number of para-hydroxylation sites is 1. The van der Waals surface area contributed by atoms with Gasteiger partial charge in [-0.25, -0.2) is 0 Å². The largest absolute Gasteiger partial charge is 0.497 e. The van der Waals surface area contributed by atoms with Gasteiger partial charge in [0.05, 0.1) is 24.1 Å². The fourth-order valence-corrected chi connectivity index (χ4v) is 3.98. The number of carbonyl (C=O) groups is 1. The van der Waals surface area contributed by atoms with Crippen molar-refractivity contribution in [1.82, 2.24) is 24.5 Å². The fraction of sp³-hybridized carbons (Fsp3) is 0.385. The Morgan fingerprint density at radius 3 is 2.60 bits per heavy atom. The highest BCUT2D eigenvalue weighted by atomic mass is 16.5. The van der Waals surface area contributed by atoms with E-state index in [4.69, 9.17) is 9.47 Å². The van der Waals surface area contributed by atoms with Crippen molar-refractivity contribution in [3.63, 3.8) is 0 Å². The number of nitrogens with one attached hydrogen (secondary N) is 1. The van der Waals surface area contributed by atoms with Gasteiger partial charge in [0.25, 0.3) is 5.56 Å². The van der Waals surface area contributed by atoms with Crippen molar-refractivity contribution in [3.05, 3.63) is 70.3 Å². The highest BCUT2D eigenvalue weighted by Crippen LogP contribution is 2.16. The van der Waals surface area contributed by atoms with Crippen LogP contribution in [0.3, 0.4) is 0 Å². The molecule has 35 heavy (non-hydrogen) atoms. The van der Waals surface area contributed by atoms with Gasteiger partial charge in [0.2, 0.25) is 11.7 Å². The van der Waals surface area contributed by atoms with E-state index in [9.17, 15) is 9.59 Å². The van der Waals surface area contributed by atoms with Crippen LogP contribution in [-0.4, -0.2) is 44.9 Å². The zero-order valence-electron chi connectivity index (χ0n) is 20.4. The molecule has 184 valence electrons. The zero-order chi connectivity index (χ0) is 24.8. The lowest BCUT2D eigenvalue weighted by Crippen LogP contribution is -2.25. The van der Waals surface area contributed by atoms with Gasteiger partial charge in [0, 0.05) is 32.5 Å². The minimum Gasteiger partial charge on any atom is -0.497 e. The summed E-state index contributed by atoms with van der Waals surface area (Å²) in [7, 11) is 1.62. The van der Waals surface area contributed by atoms with E-state index in [1.807, 2.05) is 66.8 Å². The molecule has 4 rings (SSSR count). The molecule has 0 unspecified atom stereocenters. The number of fused-ring (bicyclic) bond motifs is 3. The minimum absolute atomic E-state index is 0.0824. The van der Waals surface area contributed by atoms with Crippen LogP contribution in [0.15, 0.2) is 53.3 Å². The van der Waals surface area contributed by atoms with E-state index in [1.54, 1.807) is 11.7 Å². The molecule has 0 aliphatic rings. The Labute approximate surface area is 203 Å². The number of methoxy groups -OCH3 is 1. The second-order valence-corrected chi connectivity index (χ2v) is 8.62. The highest BCUT2D eigenvalue weighted by Gasteiger charge is 2.17. The van der Waals surface area contributed by atoms with Crippen LogP contribution in [0.1, 0.15) is 38.1 Å². The Balaban J connectivity index is 1.51. The number of hydrogen-bond donors (Lipinski definition) is 1. The summed E-state index contributed by atoms with van der Waals surface area (Å²) >= 11 is 0. The van der Waals surface area contributed by atoms with Crippen LogP contribution in [0.4, 0.5) is 0 Å². The first-order chi connectivity index (χ1) is 17.0. The van der Waals surface area contributed by atoms with Crippen molar-refractivity contribution in [3.8, 4) is 5.75 Å². The summed E-state index contributed by atoms with van der Waals surface area (Å²) < 4.78 is 14.3. The topological polar surface area (TPSA) is 99.8 Å². The van der Waals surface area contributed by atoms with Crippen LogP contribution >= 0.6 is 0 Å². The van der Waals surface area contributed by atoms with Crippen LogP contribution < -0.4 is 15.6 Å². The van der Waals surface area contributed by atoms with Gasteiger partial charge in [-0.3, -0.25) is 18.6 Å². The molecule has 0 fully saturated rings. The van der Waals surface area contributed by atoms with Gasteiger partial charge in [-0.2, -0.15) is 0 Å². The van der Waals surface area contributed by atoms with Crippen LogP contribution in [0, 0.1) is 0 Å². The molecule has 2 aromatic carbocycles. The maximum absolute atomic E-state index is 13.2. The summed E-state index contributed by atoms with van der Waals surface area (Å²) in [4.78, 5) is 25.7. The number of rotatable bonds is 11. The van der Waals surface area contributed by atoms with Gasteiger partial charge in [-0.05, 0) is 50.1 Å². The summed E-state index contributed by atoms with van der Waals surface area (Å²) in [5, 5.41) is 12.2. The van der Waals surface area contributed by atoms with Crippen LogP contribution in [-0.2, 0) is 29.0 Å². The number of aromatic nitrogens is 4. The normalized spacial score (nSPS) is 11.4. The molecule has 1 amide bonds. The van der Waals surface area contributed by atoms with Crippen LogP contribution in [0.2, 0.25) is 0 Å². The fourth-order valence-electron chi connectivity index (χ4n) is 3.98. The summed E-state index contributed by atoms with van der Waals surface area (Å²) in [6.45, 7) is 5.43. The quantitative estimate of drug-likeness (QED) is 0.333. The molecule has 1 N–H and O–H groups in total. The number of nitrogens with zero attached hydrogens (tertiary/aromatic N) is 4. The van der Waals surface area contributed by atoms with E-state index in [1.165, 1.54) is 0 Å². The van der Waals surface area contributed by atoms with E-state index in [0.29, 0.717) is 49.5 Å². The summed E-state index contributed by atoms with van der Waals surface area (Å²) in [6, 6.07) is 15.0. The standard InChI is InChI=1S/C26H31N5O4/c1-18(2)35-16-6-15-30-25(33)21-7-4-5-8-22(21)31-23(28-29-26(30)31)13-14-24(32)27-17-19-9-11-20(34-3)12-10-19/h4-5,7-12,18H,6,13-17H2,1-3H3,(H,27,32). The first-order valence-corrected chi connectivity index (χ1v) is 11.8. The van der Waals surface area contributed by atoms with Gasteiger partial charge in [0.1, 0.15) is 11.6 Å². The molecular formula is C26H31N5O4. The maximum atomic E-state index is 13.2. The zero-order valence-corrected chi connectivity index (χ0v) is 20.4. The Morgan fingerprint density at radius 2 is 1.86 bits per heavy atom. The second-order valence-electron chi connectivity index (χ2n) is 8.62. The van der Waals surface area contributed by atoms with Gasteiger partial charge in [-0.1, -0.05) is 24.3 Å². The molecule has 0 radical (unpaired) electrons. The van der Waals surface area contributed by atoms with Crippen molar-refractivity contribution >= 4 is 22.6 Å². The summed E-state index contributed by atoms with van der Waals surface area (Å²) in [5.74, 6) is 1.81. The van der Waals surface area contributed by atoms with Gasteiger partial charge in [0.15, 0.2) is 0 Å². The third kappa shape index (κ3) is 5.68. The first-order valence-electron chi connectivity index (χ1n) is 11.8. The molecule has 4 aromatic rings. The molecule has 0 aliphatic heterocycles. The van der Waals surface area contributed by atoms with Crippen molar-refractivity contribution < 1.29 is 14.3 Å². The predicted molar refractivity (Wildman–Crippen MR) is 134 cm³/mol. The lowest BCUT2D eigenvalue weighted by atomic mass is 10.2. The van der Waals surface area contributed by atoms with Crippen LogP contribution in [0.5, 0.6) is 5.75 Å². The number of aryl methyl sites for hydroxylation is 2. The summed E-state index contributed by atoms with van der Waals surface area (Å²) in [5.41, 5.74) is 1.62. The van der Waals surface area contributed by atoms with Gasteiger partial charge in [-0.15, -0.1) is 10.2 Å². The average Bonchev–Trinajstić information content (AvgIpc) is 3.30. The second kappa shape index (κ2) is 11.1. The summed E-state index contributed by atoms with van der Waals surface area (Å²) in [6.07, 6.45) is 1.47. The minimum atomic E-state index is -0.103. The molecular weight excluding hydrogens is 446 g/mol. The van der Waals surface area contributed by atoms with E-state index in [2.05, 4.69) is 15.5 Å². The van der Waals surface area contributed by atoms with E-state index in [0.717, 1.165) is 16.8 Å². The van der Waals surface area contributed by atoms with Crippen molar-refractivity contribution in [2.45, 2.75) is 52.3 Å². The molecule has 0 saturated carbocycles. The SMILES string of the molecule is COc1ccc(CNC(=O)CCc2nnc3n(CCCOC(C)C)c(=O)c4ccccc4n23)cc1. The number of benzene rings is 2. The molecule has 9 heteroatoms.